The molecule has 0 aromatic rings. The van der Waals surface area contributed by atoms with Gasteiger partial charge in [0.1, 0.15) is 0 Å². The summed E-state index contributed by atoms with van der Waals surface area (Å²) in [5, 5.41) is 2.87. The van der Waals surface area contributed by atoms with Crippen molar-refractivity contribution in [3.8, 4) is 0 Å². The molecule has 0 spiro atoms. The Morgan fingerprint density at radius 2 is 1.90 bits per heavy atom. The van der Waals surface area contributed by atoms with Gasteiger partial charge in [-0.2, -0.15) is 0 Å². The van der Waals surface area contributed by atoms with Crippen molar-refractivity contribution in [3.63, 3.8) is 0 Å². The molecule has 2 saturated heterocycles. The number of carbonyl (C=O) groups is 2. The van der Waals surface area contributed by atoms with Crippen LogP contribution in [-0.4, -0.2) is 74.6 Å². The number of hydrogen-bond acceptors (Lipinski definition) is 4. The molecule has 0 radical (unpaired) electrons. The second-order valence-electron chi connectivity index (χ2n) is 5.15. The van der Waals surface area contributed by atoms with Gasteiger partial charge in [-0.1, -0.05) is 0 Å². The normalized spacial score (nSPS) is 23.1. The van der Waals surface area contributed by atoms with Crippen LogP contribution < -0.4 is 5.32 Å². The standard InChI is InChI=1S/C13H23N3O3.ClH/c1-14-9-12(17)16-4-2-3-11(10-16)13(18)15-5-7-19-8-6-15;/h11,14H,2-10H2,1H3;1H. The zero-order valence-corrected chi connectivity index (χ0v) is 12.8. The van der Waals surface area contributed by atoms with Gasteiger partial charge >= 0.3 is 0 Å². The van der Waals surface area contributed by atoms with E-state index in [2.05, 4.69) is 5.32 Å². The van der Waals surface area contributed by atoms with E-state index in [4.69, 9.17) is 4.74 Å². The molecule has 20 heavy (non-hydrogen) atoms. The highest BCUT2D eigenvalue weighted by Gasteiger charge is 2.31. The highest BCUT2D eigenvalue weighted by Crippen LogP contribution is 2.19. The first-order chi connectivity index (χ1) is 9.22. The summed E-state index contributed by atoms with van der Waals surface area (Å²) in [6.07, 6.45) is 1.80. The SMILES string of the molecule is CNCC(=O)N1CCCC(C(=O)N2CCOCC2)C1.Cl. The Balaban J connectivity index is 0.00000200. The van der Waals surface area contributed by atoms with Crippen LogP contribution >= 0.6 is 12.4 Å². The van der Waals surface area contributed by atoms with Gasteiger partial charge in [-0.15, -0.1) is 12.4 Å². The van der Waals surface area contributed by atoms with E-state index in [1.807, 2.05) is 9.80 Å². The van der Waals surface area contributed by atoms with E-state index in [1.54, 1.807) is 7.05 Å². The van der Waals surface area contributed by atoms with E-state index < -0.39 is 0 Å². The maximum absolute atomic E-state index is 12.4. The number of nitrogens with zero attached hydrogens (tertiary/aromatic N) is 2. The number of amides is 2. The maximum atomic E-state index is 12.4. The molecule has 1 N–H and O–H groups in total. The Morgan fingerprint density at radius 3 is 2.55 bits per heavy atom. The van der Waals surface area contributed by atoms with E-state index in [9.17, 15) is 9.59 Å². The van der Waals surface area contributed by atoms with Crippen molar-refractivity contribution >= 4 is 24.2 Å². The molecule has 2 fully saturated rings. The second-order valence-corrected chi connectivity index (χ2v) is 5.15. The van der Waals surface area contributed by atoms with Gasteiger partial charge in [0.2, 0.25) is 11.8 Å². The van der Waals surface area contributed by atoms with Crippen LogP contribution in [0.4, 0.5) is 0 Å². The van der Waals surface area contributed by atoms with Crippen molar-refractivity contribution in [1.29, 1.82) is 0 Å². The Bertz CT molecular complexity index is 335. The second kappa shape index (κ2) is 8.44. The number of carbonyl (C=O) groups excluding carboxylic acids is 2. The number of ether oxygens (including phenoxy) is 1. The van der Waals surface area contributed by atoms with E-state index in [1.165, 1.54) is 0 Å². The molecular formula is C13H24ClN3O3. The smallest absolute Gasteiger partial charge is 0.236 e. The fraction of sp³-hybridized carbons (Fsp3) is 0.846. The van der Waals surface area contributed by atoms with Crippen LogP contribution in [0.3, 0.4) is 0 Å². The number of likely N-dealkylation sites (N-methyl/N-ethyl adjacent to an activating group) is 1. The molecule has 2 rings (SSSR count). The van der Waals surface area contributed by atoms with Crippen molar-refractivity contribution in [1.82, 2.24) is 15.1 Å². The van der Waals surface area contributed by atoms with Gasteiger partial charge in [0, 0.05) is 26.2 Å². The van der Waals surface area contributed by atoms with Crippen LogP contribution in [0.25, 0.3) is 0 Å². The Labute approximate surface area is 126 Å². The van der Waals surface area contributed by atoms with Crippen molar-refractivity contribution in [2.24, 2.45) is 5.92 Å². The fourth-order valence-electron chi connectivity index (χ4n) is 2.71. The molecule has 2 heterocycles. The molecule has 0 aromatic heterocycles. The number of likely N-dealkylation sites (tertiary alicyclic amines) is 1. The molecule has 0 bridgehead atoms. The quantitative estimate of drug-likeness (QED) is 0.779. The minimum atomic E-state index is -0.0346. The first kappa shape index (κ1) is 17.2. The first-order valence-electron chi connectivity index (χ1n) is 7.01. The van der Waals surface area contributed by atoms with Crippen molar-refractivity contribution in [3.05, 3.63) is 0 Å². The largest absolute Gasteiger partial charge is 0.378 e. The average Bonchev–Trinajstić information content (AvgIpc) is 2.48. The molecule has 116 valence electrons. The topological polar surface area (TPSA) is 61.9 Å². The number of nitrogens with one attached hydrogen (secondary N) is 1. The molecule has 7 heteroatoms. The predicted molar refractivity (Wildman–Crippen MR) is 77.9 cm³/mol. The summed E-state index contributed by atoms with van der Waals surface area (Å²) < 4.78 is 5.26. The lowest BCUT2D eigenvalue weighted by molar-refractivity contribution is -0.143. The highest BCUT2D eigenvalue weighted by molar-refractivity contribution is 5.85. The van der Waals surface area contributed by atoms with Crippen LogP contribution in [-0.2, 0) is 14.3 Å². The van der Waals surface area contributed by atoms with Crippen LogP contribution in [0.15, 0.2) is 0 Å². The number of piperidine rings is 1. The highest BCUT2D eigenvalue weighted by atomic mass is 35.5. The summed E-state index contributed by atoms with van der Waals surface area (Å²) in [5.41, 5.74) is 0. The number of morpholine rings is 1. The third kappa shape index (κ3) is 4.33. The molecule has 2 aliphatic rings. The molecule has 0 aliphatic carbocycles. The van der Waals surface area contributed by atoms with E-state index in [0.29, 0.717) is 39.4 Å². The monoisotopic (exact) mass is 305 g/mol. The Morgan fingerprint density at radius 1 is 1.20 bits per heavy atom. The summed E-state index contributed by atoms with van der Waals surface area (Å²) in [6, 6.07) is 0. The first-order valence-corrected chi connectivity index (χ1v) is 7.01. The molecule has 2 aliphatic heterocycles. The van der Waals surface area contributed by atoms with Crippen molar-refractivity contribution < 1.29 is 14.3 Å². The lowest BCUT2D eigenvalue weighted by atomic mass is 9.96. The average molecular weight is 306 g/mol. The van der Waals surface area contributed by atoms with E-state index in [0.717, 1.165) is 19.4 Å². The number of hydrogen-bond donors (Lipinski definition) is 1. The zero-order valence-electron chi connectivity index (χ0n) is 12.0. The summed E-state index contributed by atoms with van der Waals surface area (Å²) >= 11 is 0. The van der Waals surface area contributed by atoms with Crippen molar-refractivity contribution in [2.45, 2.75) is 12.8 Å². The number of rotatable bonds is 3. The van der Waals surface area contributed by atoms with Gasteiger partial charge in [0.05, 0.1) is 25.7 Å². The fourth-order valence-corrected chi connectivity index (χ4v) is 2.71. The van der Waals surface area contributed by atoms with Crippen LogP contribution in [0.2, 0.25) is 0 Å². The third-order valence-corrected chi connectivity index (χ3v) is 3.77. The summed E-state index contributed by atoms with van der Waals surface area (Å²) in [7, 11) is 1.76. The molecule has 0 saturated carbocycles. The maximum Gasteiger partial charge on any atom is 0.236 e. The molecular weight excluding hydrogens is 282 g/mol. The van der Waals surface area contributed by atoms with Gasteiger partial charge in [0.15, 0.2) is 0 Å². The molecule has 2 amide bonds. The lowest BCUT2D eigenvalue weighted by Crippen LogP contribution is -2.50. The molecule has 1 atom stereocenters. The Hall–Kier alpha value is -0.850. The van der Waals surface area contributed by atoms with Crippen LogP contribution in [0.5, 0.6) is 0 Å². The van der Waals surface area contributed by atoms with E-state index in [-0.39, 0.29) is 30.1 Å². The Kier molecular flexibility index (Phi) is 7.26. The third-order valence-electron chi connectivity index (χ3n) is 3.77. The predicted octanol–water partition coefficient (Wildman–Crippen LogP) is -0.275. The van der Waals surface area contributed by atoms with Gasteiger partial charge in [0.25, 0.3) is 0 Å². The van der Waals surface area contributed by atoms with Crippen LogP contribution in [0, 0.1) is 5.92 Å². The molecule has 0 aromatic carbocycles. The van der Waals surface area contributed by atoms with Crippen molar-refractivity contribution in [2.75, 3.05) is 53.0 Å². The summed E-state index contributed by atoms with van der Waals surface area (Å²) in [4.78, 5) is 27.9. The zero-order chi connectivity index (χ0) is 13.7. The van der Waals surface area contributed by atoms with Gasteiger partial charge in [-0.05, 0) is 19.9 Å². The summed E-state index contributed by atoms with van der Waals surface area (Å²) in [6.45, 7) is 4.30. The number of halogens is 1. The van der Waals surface area contributed by atoms with Gasteiger partial charge < -0.3 is 19.9 Å². The van der Waals surface area contributed by atoms with Gasteiger partial charge in [-0.25, -0.2) is 0 Å². The van der Waals surface area contributed by atoms with E-state index >= 15 is 0 Å². The lowest BCUT2D eigenvalue weighted by Gasteiger charge is -2.36. The van der Waals surface area contributed by atoms with Crippen LogP contribution in [0.1, 0.15) is 12.8 Å². The molecule has 1 unspecified atom stereocenters. The minimum absolute atomic E-state index is 0. The minimum Gasteiger partial charge on any atom is -0.378 e. The van der Waals surface area contributed by atoms with Gasteiger partial charge in [-0.3, -0.25) is 9.59 Å². The molecule has 6 nitrogen and oxygen atoms in total. The summed E-state index contributed by atoms with van der Waals surface area (Å²) in [5.74, 6) is 0.236.